The van der Waals surface area contributed by atoms with E-state index in [4.69, 9.17) is 14.1 Å². The number of halogens is 2. The lowest BCUT2D eigenvalue weighted by atomic mass is 9.85. The van der Waals surface area contributed by atoms with Gasteiger partial charge >= 0.3 is 0 Å². The highest BCUT2D eigenvalue weighted by atomic mass is 19.3. The quantitative estimate of drug-likeness (QED) is 0.160. The molecule has 4 saturated heterocycles. The molecule has 5 fully saturated rings. The summed E-state index contributed by atoms with van der Waals surface area (Å²) < 4.78 is 43.1. The van der Waals surface area contributed by atoms with Gasteiger partial charge in [0.1, 0.15) is 17.0 Å². The number of amides is 4. The van der Waals surface area contributed by atoms with Crippen LogP contribution in [-0.2, 0) is 19.1 Å². The fraction of sp³-hybridized carbons (Fsp3) is 0.500. The van der Waals surface area contributed by atoms with E-state index in [0.717, 1.165) is 82.6 Å². The van der Waals surface area contributed by atoms with Gasteiger partial charge < -0.3 is 29.6 Å². The second kappa shape index (κ2) is 16.2. The number of aromatic nitrogens is 5. The number of furan rings is 1. The zero-order valence-electron chi connectivity index (χ0n) is 33.5. The lowest BCUT2D eigenvalue weighted by Crippen LogP contribution is -2.49. The van der Waals surface area contributed by atoms with E-state index < -0.39 is 23.9 Å². The third-order valence-corrected chi connectivity index (χ3v) is 13.0. The molecule has 61 heavy (non-hydrogen) atoms. The summed E-state index contributed by atoms with van der Waals surface area (Å²) in [4.78, 5) is 62.2. The molecule has 10 rings (SSSR count). The van der Waals surface area contributed by atoms with Crippen molar-refractivity contribution in [2.24, 2.45) is 5.92 Å². The zero-order chi connectivity index (χ0) is 41.8. The number of rotatable bonds is 11. The fourth-order valence-electron chi connectivity index (χ4n) is 9.78. The molecule has 320 valence electrons. The molecule has 1 aromatic carbocycles. The predicted octanol–water partition coefficient (Wildman–Crippen LogP) is 4.35. The van der Waals surface area contributed by atoms with E-state index in [1.807, 2.05) is 12.1 Å². The Hall–Kier alpha value is -5.79. The molecule has 4 amide bonds. The molecule has 17 nitrogen and oxygen atoms in total. The fourth-order valence-corrected chi connectivity index (χ4v) is 9.78. The summed E-state index contributed by atoms with van der Waals surface area (Å²) in [7, 11) is 0. The number of piperazine rings is 1. The average Bonchev–Trinajstić information content (AvgIpc) is 4.11. The largest absolute Gasteiger partial charge is 0.464 e. The number of hydrogen-bond acceptors (Lipinski definition) is 12. The van der Waals surface area contributed by atoms with Crippen molar-refractivity contribution in [2.45, 2.75) is 75.5 Å². The van der Waals surface area contributed by atoms with E-state index in [1.54, 1.807) is 29.3 Å². The van der Waals surface area contributed by atoms with Gasteiger partial charge in [0.15, 0.2) is 11.3 Å². The molecule has 5 aromatic rings. The average molecular weight is 840 g/mol. The monoisotopic (exact) mass is 839 g/mol. The SMILES string of the molecule is O=C1CC[C@H](c2coc3ccc(NC(=O)CN4CCN(CC5CCC(n6cc(NC(=O)c7cnn8ccc(N9C[C@H]%10C[C@@H]9CO%10)nc78)c(C(F)F)n6)CC5)CC4)cc23)C(=O)N1. The second-order valence-electron chi connectivity index (χ2n) is 17.0. The van der Waals surface area contributed by atoms with E-state index in [1.165, 1.54) is 16.9 Å². The van der Waals surface area contributed by atoms with Crippen molar-refractivity contribution in [3.05, 3.63) is 65.9 Å². The number of nitrogens with one attached hydrogen (secondary N) is 3. The number of nitrogens with zero attached hydrogens (tertiary/aromatic N) is 8. The number of morpholine rings is 1. The number of hydrogen-bond donors (Lipinski definition) is 3. The third kappa shape index (κ3) is 7.96. The standard InChI is InChI=1S/C42H47F2N11O6/c43-39(44)38-33(47-42(59)31-17-45-54-10-9-35(48-40(31)54)53-19-28-16-27(53)22-60-28)20-55(50-38)26-4-1-24(2-5-26)18-51-11-13-52(14-12-51)21-37(57)46-25-3-7-34-30(15-25)32(23-61-34)29-6-8-36(56)49-41(29)58/h3,7,9-10,15,17,20,23-24,26-29,39H,1-2,4-6,8,11-14,16,18-19,21-22H2,(H,46,57)(H,47,59)(H,49,56,58)/t24?,26?,27-,28-,29-/m1/s1. The molecule has 2 bridgehead atoms. The van der Waals surface area contributed by atoms with Crippen LogP contribution in [0.3, 0.4) is 0 Å². The highest BCUT2D eigenvalue weighted by Gasteiger charge is 2.40. The Morgan fingerprint density at radius 2 is 1.80 bits per heavy atom. The van der Waals surface area contributed by atoms with Gasteiger partial charge in [0, 0.05) is 74.7 Å². The zero-order valence-corrected chi connectivity index (χ0v) is 33.5. The summed E-state index contributed by atoms with van der Waals surface area (Å²) in [5.41, 5.74) is 1.97. The van der Waals surface area contributed by atoms with Crippen LogP contribution in [0.1, 0.15) is 84.9 Å². The number of carbonyl (C=O) groups excluding carboxylic acids is 4. The Bertz CT molecular complexity index is 2490. The maximum absolute atomic E-state index is 14.3. The smallest absolute Gasteiger partial charge is 0.284 e. The first-order chi connectivity index (χ1) is 29.6. The maximum Gasteiger partial charge on any atom is 0.284 e. The molecular weight excluding hydrogens is 793 g/mol. The van der Waals surface area contributed by atoms with Crippen LogP contribution >= 0.6 is 0 Å². The number of imide groups is 1. The lowest BCUT2D eigenvalue weighted by molar-refractivity contribution is -0.134. The number of ether oxygens (including phenoxy) is 1. The first kappa shape index (κ1) is 39.4. The Morgan fingerprint density at radius 1 is 0.984 bits per heavy atom. The van der Waals surface area contributed by atoms with Crippen molar-refractivity contribution in [3.63, 3.8) is 0 Å². The number of fused-ring (bicyclic) bond motifs is 4. The third-order valence-electron chi connectivity index (χ3n) is 13.0. The Balaban J connectivity index is 0.696. The van der Waals surface area contributed by atoms with E-state index in [9.17, 15) is 28.0 Å². The molecule has 3 atom stereocenters. The maximum atomic E-state index is 14.3. The van der Waals surface area contributed by atoms with Crippen LogP contribution in [0.25, 0.3) is 16.6 Å². The van der Waals surface area contributed by atoms with Gasteiger partial charge in [-0.25, -0.2) is 18.3 Å². The van der Waals surface area contributed by atoms with Crippen molar-refractivity contribution in [3.8, 4) is 0 Å². The van der Waals surface area contributed by atoms with Crippen molar-refractivity contribution >= 4 is 57.4 Å². The highest BCUT2D eigenvalue weighted by Crippen LogP contribution is 2.37. The van der Waals surface area contributed by atoms with Gasteiger partial charge in [0.05, 0.1) is 55.4 Å². The van der Waals surface area contributed by atoms with Crippen LogP contribution in [0, 0.1) is 5.92 Å². The van der Waals surface area contributed by atoms with Gasteiger partial charge in [0.25, 0.3) is 12.3 Å². The van der Waals surface area contributed by atoms with Crippen molar-refractivity contribution in [1.29, 1.82) is 0 Å². The normalized spacial score (nSPS) is 24.9. The van der Waals surface area contributed by atoms with Crippen LogP contribution in [0.2, 0.25) is 0 Å². The molecule has 0 radical (unpaired) electrons. The summed E-state index contributed by atoms with van der Waals surface area (Å²) in [5, 5.41) is 17.4. The van der Waals surface area contributed by atoms with Gasteiger partial charge in [-0.3, -0.25) is 34.1 Å². The van der Waals surface area contributed by atoms with E-state index >= 15 is 0 Å². The molecule has 0 spiro atoms. The topological polar surface area (TPSA) is 184 Å². The predicted molar refractivity (Wildman–Crippen MR) is 217 cm³/mol. The van der Waals surface area contributed by atoms with Gasteiger partial charge in [-0.2, -0.15) is 10.2 Å². The van der Waals surface area contributed by atoms with E-state index in [0.29, 0.717) is 41.4 Å². The molecular formula is C42H47F2N11O6. The summed E-state index contributed by atoms with van der Waals surface area (Å²) in [5.74, 6) is -0.634. The summed E-state index contributed by atoms with van der Waals surface area (Å²) >= 11 is 0. The minimum absolute atomic E-state index is 0.0175. The lowest BCUT2D eigenvalue weighted by Gasteiger charge is -2.38. The first-order valence-corrected chi connectivity index (χ1v) is 21.1. The van der Waals surface area contributed by atoms with Gasteiger partial charge in [-0.15, -0.1) is 0 Å². The molecule has 19 heteroatoms. The second-order valence-corrected chi connectivity index (χ2v) is 17.0. The highest BCUT2D eigenvalue weighted by molar-refractivity contribution is 6.08. The molecule has 3 N–H and O–H groups in total. The first-order valence-electron chi connectivity index (χ1n) is 21.1. The molecule has 4 aliphatic heterocycles. The molecule has 4 aromatic heterocycles. The summed E-state index contributed by atoms with van der Waals surface area (Å²) in [6.07, 6.45) is 8.57. The molecule has 5 aliphatic rings. The van der Waals surface area contributed by atoms with Crippen LogP contribution < -0.4 is 20.9 Å². The minimum atomic E-state index is -2.87. The summed E-state index contributed by atoms with van der Waals surface area (Å²) in [6, 6.07) is 7.39. The molecule has 8 heterocycles. The number of benzene rings is 1. The number of piperidine rings is 1. The van der Waals surface area contributed by atoms with E-state index in [2.05, 4.69) is 40.8 Å². The number of anilines is 3. The van der Waals surface area contributed by atoms with Crippen molar-refractivity contribution in [2.75, 3.05) is 68.0 Å². The van der Waals surface area contributed by atoms with Gasteiger partial charge in [-0.1, -0.05) is 0 Å². The molecule has 1 aliphatic carbocycles. The van der Waals surface area contributed by atoms with Crippen molar-refractivity contribution in [1.82, 2.24) is 39.5 Å². The van der Waals surface area contributed by atoms with Crippen LogP contribution in [0.5, 0.6) is 0 Å². The van der Waals surface area contributed by atoms with Crippen LogP contribution in [0.4, 0.5) is 26.0 Å². The van der Waals surface area contributed by atoms with Gasteiger partial charge in [0.2, 0.25) is 17.7 Å². The number of carbonyl (C=O) groups is 4. The Kier molecular flexibility index (Phi) is 10.5. The Labute approximate surface area is 348 Å². The molecule has 0 unspecified atom stereocenters. The Morgan fingerprint density at radius 3 is 2.56 bits per heavy atom. The van der Waals surface area contributed by atoms with Crippen LogP contribution in [0.15, 0.2) is 53.5 Å². The van der Waals surface area contributed by atoms with Crippen LogP contribution in [-0.4, -0.2) is 122 Å². The van der Waals surface area contributed by atoms with Gasteiger partial charge in [-0.05, 0) is 68.7 Å². The minimum Gasteiger partial charge on any atom is -0.464 e. The molecule has 1 saturated carbocycles. The van der Waals surface area contributed by atoms with Crippen molar-refractivity contribution < 1.29 is 37.1 Å². The number of alkyl halides is 2. The summed E-state index contributed by atoms with van der Waals surface area (Å²) in [6.45, 7) is 5.73. The van der Waals surface area contributed by atoms with E-state index in [-0.39, 0.29) is 60.1 Å².